The molecule has 5 nitrogen and oxygen atoms in total. The fraction of sp³-hybridized carbons (Fsp3) is 0.500. The molecule has 0 bridgehead atoms. The first-order valence-corrected chi connectivity index (χ1v) is 7.19. The number of carboxylic acids is 1. The zero-order valence-corrected chi connectivity index (χ0v) is 12.4. The van der Waals surface area contributed by atoms with Crippen LogP contribution in [-0.2, 0) is 16.0 Å². The van der Waals surface area contributed by atoms with E-state index in [2.05, 4.69) is 0 Å². The summed E-state index contributed by atoms with van der Waals surface area (Å²) in [5.74, 6) is -0.422. The number of likely N-dealkylation sites (tertiary alicyclic amines) is 1. The molecular formula is C16H21NO4. The van der Waals surface area contributed by atoms with Crippen molar-refractivity contribution in [3.8, 4) is 5.75 Å². The Hall–Kier alpha value is -2.04. The number of nitrogens with zero attached hydrogens (tertiary/aromatic N) is 1. The fourth-order valence-corrected chi connectivity index (χ4v) is 2.77. The summed E-state index contributed by atoms with van der Waals surface area (Å²) in [6, 6.07) is 6.93. The predicted octanol–water partition coefficient (Wildman–Crippen LogP) is 1.95. The number of methoxy groups -OCH3 is 1. The minimum Gasteiger partial charge on any atom is -0.497 e. The lowest BCUT2D eigenvalue weighted by Gasteiger charge is -2.25. The van der Waals surface area contributed by atoms with Crippen LogP contribution in [-0.4, -0.2) is 41.6 Å². The standard InChI is InChI=1S/C16H21NO4/c1-11(10-12-5-7-13(21-2)8-6-12)15(18)17-9-3-4-14(17)16(19)20/h5-8,11,14H,3-4,9-10H2,1-2H3,(H,19,20). The van der Waals surface area contributed by atoms with Crippen molar-refractivity contribution in [3.63, 3.8) is 0 Å². The third kappa shape index (κ3) is 3.54. The van der Waals surface area contributed by atoms with Crippen LogP contribution in [0.5, 0.6) is 5.75 Å². The first kappa shape index (κ1) is 15.4. The van der Waals surface area contributed by atoms with Gasteiger partial charge in [0.15, 0.2) is 0 Å². The van der Waals surface area contributed by atoms with Gasteiger partial charge in [0.1, 0.15) is 11.8 Å². The van der Waals surface area contributed by atoms with Gasteiger partial charge in [0, 0.05) is 12.5 Å². The van der Waals surface area contributed by atoms with Gasteiger partial charge in [0.2, 0.25) is 5.91 Å². The van der Waals surface area contributed by atoms with Crippen molar-refractivity contribution < 1.29 is 19.4 Å². The van der Waals surface area contributed by atoms with Gasteiger partial charge in [-0.05, 0) is 37.0 Å². The minimum absolute atomic E-state index is 0.0734. The van der Waals surface area contributed by atoms with E-state index in [4.69, 9.17) is 9.84 Å². The van der Waals surface area contributed by atoms with Crippen LogP contribution in [0.2, 0.25) is 0 Å². The molecule has 1 aliphatic rings. The monoisotopic (exact) mass is 291 g/mol. The average molecular weight is 291 g/mol. The zero-order chi connectivity index (χ0) is 15.4. The molecule has 1 N–H and O–H groups in total. The van der Waals surface area contributed by atoms with Gasteiger partial charge in [-0.1, -0.05) is 19.1 Å². The smallest absolute Gasteiger partial charge is 0.326 e. The molecule has 2 atom stereocenters. The Morgan fingerprint density at radius 3 is 2.62 bits per heavy atom. The quantitative estimate of drug-likeness (QED) is 0.900. The molecule has 1 aromatic carbocycles. The number of aliphatic carboxylic acids is 1. The average Bonchev–Trinajstić information content (AvgIpc) is 2.96. The van der Waals surface area contributed by atoms with Crippen molar-refractivity contribution in [1.82, 2.24) is 4.90 Å². The Morgan fingerprint density at radius 2 is 2.05 bits per heavy atom. The van der Waals surface area contributed by atoms with E-state index in [1.807, 2.05) is 31.2 Å². The van der Waals surface area contributed by atoms with E-state index < -0.39 is 12.0 Å². The van der Waals surface area contributed by atoms with E-state index in [9.17, 15) is 9.59 Å². The first-order chi connectivity index (χ1) is 10.0. The molecule has 1 aromatic rings. The highest BCUT2D eigenvalue weighted by molar-refractivity contribution is 5.85. The molecule has 1 saturated heterocycles. The van der Waals surface area contributed by atoms with E-state index in [-0.39, 0.29) is 11.8 Å². The fourth-order valence-electron chi connectivity index (χ4n) is 2.77. The molecule has 114 valence electrons. The number of carbonyl (C=O) groups excluding carboxylic acids is 1. The van der Waals surface area contributed by atoms with Gasteiger partial charge < -0.3 is 14.7 Å². The topological polar surface area (TPSA) is 66.8 Å². The summed E-state index contributed by atoms with van der Waals surface area (Å²) in [5.41, 5.74) is 1.04. The molecule has 0 aliphatic carbocycles. The Kier molecular flexibility index (Phi) is 4.83. The van der Waals surface area contributed by atoms with Crippen molar-refractivity contribution in [1.29, 1.82) is 0 Å². The number of amides is 1. The number of hydrogen-bond acceptors (Lipinski definition) is 3. The van der Waals surface area contributed by atoms with Crippen molar-refractivity contribution >= 4 is 11.9 Å². The Balaban J connectivity index is 2.00. The van der Waals surface area contributed by atoms with Crippen LogP contribution in [0.25, 0.3) is 0 Å². The molecule has 1 amide bonds. The second-order valence-electron chi connectivity index (χ2n) is 5.48. The highest BCUT2D eigenvalue weighted by Crippen LogP contribution is 2.22. The lowest BCUT2D eigenvalue weighted by Crippen LogP contribution is -2.43. The highest BCUT2D eigenvalue weighted by Gasteiger charge is 2.35. The molecule has 1 aliphatic heterocycles. The summed E-state index contributed by atoms with van der Waals surface area (Å²) in [6.45, 7) is 2.40. The number of carbonyl (C=O) groups is 2. The van der Waals surface area contributed by atoms with Crippen molar-refractivity contribution in [2.24, 2.45) is 5.92 Å². The summed E-state index contributed by atoms with van der Waals surface area (Å²) >= 11 is 0. The minimum atomic E-state index is -0.905. The van der Waals surface area contributed by atoms with Crippen LogP contribution in [0.4, 0.5) is 0 Å². The largest absolute Gasteiger partial charge is 0.497 e. The van der Waals surface area contributed by atoms with Gasteiger partial charge in [-0.15, -0.1) is 0 Å². The van der Waals surface area contributed by atoms with Crippen molar-refractivity contribution in [2.75, 3.05) is 13.7 Å². The van der Waals surface area contributed by atoms with Gasteiger partial charge in [0.05, 0.1) is 7.11 Å². The van der Waals surface area contributed by atoms with Gasteiger partial charge in [-0.3, -0.25) is 4.79 Å². The SMILES string of the molecule is COc1ccc(CC(C)C(=O)N2CCCC2C(=O)O)cc1. The van der Waals surface area contributed by atoms with Gasteiger partial charge in [0.25, 0.3) is 0 Å². The number of benzene rings is 1. The first-order valence-electron chi connectivity index (χ1n) is 7.19. The number of carboxylic acid groups (broad SMARTS) is 1. The van der Waals surface area contributed by atoms with Crippen LogP contribution < -0.4 is 4.74 Å². The molecule has 0 radical (unpaired) electrons. The number of ether oxygens (including phenoxy) is 1. The molecule has 1 heterocycles. The van der Waals surface area contributed by atoms with Crippen molar-refractivity contribution in [3.05, 3.63) is 29.8 Å². The summed E-state index contributed by atoms with van der Waals surface area (Å²) < 4.78 is 5.10. The predicted molar refractivity (Wildman–Crippen MR) is 78.2 cm³/mol. The lowest BCUT2D eigenvalue weighted by molar-refractivity contribution is -0.149. The third-order valence-electron chi connectivity index (χ3n) is 3.94. The molecule has 0 aromatic heterocycles. The van der Waals surface area contributed by atoms with Gasteiger partial charge >= 0.3 is 5.97 Å². The maximum absolute atomic E-state index is 12.4. The third-order valence-corrected chi connectivity index (χ3v) is 3.94. The summed E-state index contributed by atoms with van der Waals surface area (Å²) in [6.07, 6.45) is 1.92. The molecule has 2 unspecified atom stereocenters. The number of hydrogen-bond donors (Lipinski definition) is 1. The van der Waals surface area contributed by atoms with Crippen LogP contribution in [0.1, 0.15) is 25.3 Å². The maximum atomic E-state index is 12.4. The van der Waals surface area contributed by atoms with E-state index >= 15 is 0 Å². The lowest BCUT2D eigenvalue weighted by atomic mass is 9.99. The Labute approximate surface area is 124 Å². The van der Waals surface area contributed by atoms with Crippen LogP contribution >= 0.6 is 0 Å². The summed E-state index contributed by atoms with van der Waals surface area (Å²) in [5, 5.41) is 9.15. The highest BCUT2D eigenvalue weighted by atomic mass is 16.5. The van der Waals surface area contributed by atoms with Gasteiger partial charge in [-0.25, -0.2) is 4.79 Å². The zero-order valence-electron chi connectivity index (χ0n) is 12.4. The van der Waals surface area contributed by atoms with E-state index in [0.29, 0.717) is 19.4 Å². The molecule has 2 rings (SSSR count). The number of rotatable bonds is 5. The second-order valence-corrected chi connectivity index (χ2v) is 5.48. The second kappa shape index (κ2) is 6.61. The van der Waals surface area contributed by atoms with Gasteiger partial charge in [-0.2, -0.15) is 0 Å². The molecule has 1 fully saturated rings. The Morgan fingerprint density at radius 1 is 1.38 bits per heavy atom. The molecule has 21 heavy (non-hydrogen) atoms. The molecule has 0 saturated carbocycles. The normalized spacial score (nSPS) is 19.3. The van der Waals surface area contributed by atoms with Crippen LogP contribution in [0.15, 0.2) is 24.3 Å². The summed E-state index contributed by atoms with van der Waals surface area (Å²) in [4.78, 5) is 25.1. The van der Waals surface area contributed by atoms with Crippen LogP contribution in [0, 0.1) is 5.92 Å². The molecule has 5 heteroatoms. The maximum Gasteiger partial charge on any atom is 0.326 e. The van der Waals surface area contributed by atoms with E-state index in [0.717, 1.165) is 17.7 Å². The molecule has 0 spiro atoms. The Bertz CT molecular complexity index is 512. The summed E-state index contributed by atoms with van der Waals surface area (Å²) in [7, 11) is 1.61. The molecular weight excluding hydrogens is 270 g/mol. The van der Waals surface area contributed by atoms with Crippen LogP contribution in [0.3, 0.4) is 0 Å². The van der Waals surface area contributed by atoms with E-state index in [1.165, 1.54) is 4.90 Å². The van der Waals surface area contributed by atoms with E-state index in [1.54, 1.807) is 7.11 Å². The van der Waals surface area contributed by atoms with Crippen molar-refractivity contribution in [2.45, 2.75) is 32.2 Å².